The molecule has 12 heteroatoms. The number of nitrogens with two attached hydrogens (primary N) is 1. The molecule has 0 saturated heterocycles. The Labute approximate surface area is 206 Å². The highest BCUT2D eigenvalue weighted by Gasteiger charge is 2.31. The van der Waals surface area contributed by atoms with E-state index in [0.29, 0.717) is 49.6 Å². The lowest BCUT2D eigenvalue weighted by atomic mass is 10.0. The van der Waals surface area contributed by atoms with Crippen molar-refractivity contribution in [3.8, 4) is 5.75 Å². The summed E-state index contributed by atoms with van der Waals surface area (Å²) in [6.45, 7) is 1.85. The summed E-state index contributed by atoms with van der Waals surface area (Å²) < 4.78 is 42.4. The maximum atomic E-state index is 13.2. The number of nitrogen functional groups attached to an aromatic ring is 1. The van der Waals surface area contributed by atoms with Crippen LogP contribution in [0.3, 0.4) is 0 Å². The highest BCUT2D eigenvalue weighted by atomic mass is 32.1. The van der Waals surface area contributed by atoms with Gasteiger partial charge in [0.05, 0.1) is 21.5 Å². The first-order valence-corrected chi connectivity index (χ1v) is 11.4. The molecule has 3 aromatic heterocycles. The topological polar surface area (TPSA) is 115 Å². The maximum Gasteiger partial charge on any atom is 0.573 e. The van der Waals surface area contributed by atoms with E-state index in [0.717, 1.165) is 5.56 Å². The number of benzene rings is 2. The molecule has 5 rings (SSSR count). The van der Waals surface area contributed by atoms with Crippen molar-refractivity contribution in [2.75, 3.05) is 16.4 Å². The number of thiophene rings is 1. The van der Waals surface area contributed by atoms with Crippen LogP contribution >= 0.6 is 11.3 Å². The lowest BCUT2D eigenvalue weighted by Gasteiger charge is -2.15. The van der Waals surface area contributed by atoms with E-state index in [9.17, 15) is 18.0 Å². The molecule has 1 amide bonds. The molecule has 5 aromatic rings. The van der Waals surface area contributed by atoms with Crippen LogP contribution in [0.1, 0.15) is 15.9 Å². The van der Waals surface area contributed by atoms with Crippen molar-refractivity contribution in [3.63, 3.8) is 0 Å². The molecule has 0 saturated carbocycles. The van der Waals surface area contributed by atoms with Gasteiger partial charge in [-0.1, -0.05) is 18.2 Å². The van der Waals surface area contributed by atoms with Crippen LogP contribution < -0.4 is 21.1 Å². The molecule has 4 N–H and O–H groups in total. The van der Waals surface area contributed by atoms with Gasteiger partial charge in [0.1, 0.15) is 23.7 Å². The summed E-state index contributed by atoms with van der Waals surface area (Å²) in [5, 5.41) is 9.01. The van der Waals surface area contributed by atoms with Gasteiger partial charge in [-0.25, -0.2) is 15.0 Å². The van der Waals surface area contributed by atoms with E-state index in [2.05, 4.69) is 30.3 Å². The zero-order chi connectivity index (χ0) is 25.4. The second kappa shape index (κ2) is 8.96. The van der Waals surface area contributed by atoms with Gasteiger partial charge in [0, 0.05) is 34.1 Å². The number of hydrogen-bond donors (Lipinski definition) is 3. The van der Waals surface area contributed by atoms with Gasteiger partial charge in [0.15, 0.2) is 0 Å². The number of hydrogen-bond acceptors (Lipinski definition) is 8. The number of alkyl halides is 3. The first kappa shape index (κ1) is 23.3. The van der Waals surface area contributed by atoms with Crippen LogP contribution in [0.5, 0.6) is 5.75 Å². The SMILES string of the molecule is Cc1ccc2c(Nc3cccc(OC(F)(F)F)c3)nccc2c1NC(=O)c1csc2c(N)ncnc12. The third-order valence-corrected chi connectivity index (χ3v) is 6.34. The Hall–Kier alpha value is -4.45. The van der Waals surface area contributed by atoms with E-state index in [1.54, 1.807) is 23.7 Å². The third kappa shape index (κ3) is 4.58. The lowest BCUT2D eigenvalue weighted by Crippen LogP contribution is -2.17. The van der Waals surface area contributed by atoms with Gasteiger partial charge >= 0.3 is 6.36 Å². The summed E-state index contributed by atoms with van der Waals surface area (Å²) >= 11 is 1.28. The number of nitrogens with one attached hydrogen (secondary N) is 2. The number of carbonyl (C=O) groups excluding carboxylic acids is 1. The number of pyridine rings is 1. The third-order valence-electron chi connectivity index (χ3n) is 5.35. The Morgan fingerprint density at radius 1 is 1.08 bits per heavy atom. The summed E-state index contributed by atoms with van der Waals surface area (Å²) in [6, 6.07) is 10.8. The van der Waals surface area contributed by atoms with E-state index < -0.39 is 6.36 Å². The van der Waals surface area contributed by atoms with Gasteiger partial charge in [-0.15, -0.1) is 24.5 Å². The van der Waals surface area contributed by atoms with Crippen molar-refractivity contribution in [1.82, 2.24) is 15.0 Å². The van der Waals surface area contributed by atoms with Gasteiger partial charge in [-0.3, -0.25) is 4.79 Å². The minimum absolute atomic E-state index is 0.303. The average Bonchev–Trinajstić information content (AvgIpc) is 3.26. The first-order valence-electron chi connectivity index (χ1n) is 10.5. The summed E-state index contributed by atoms with van der Waals surface area (Å²) in [5.41, 5.74) is 8.45. The molecule has 0 atom stereocenters. The van der Waals surface area contributed by atoms with Gasteiger partial charge in [-0.2, -0.15) is 0 Å². The molecule has 2 aromatic carbocycles. The molecule has 3 heterocycles. The molecule has 0 unspecified atom stereocenters. The Morgan fingerprint density at radius 2 is 1.92 bits per heavy atom. The molecule has 0 radical (unpaired) electrons. The minimum Gasteiger partial charge on any atom is -0.406 e. The largest absolute Gasteiger partial charge is 0.573 e. The second-order valence-electron chi connectivity index (χ2n) is 7.75. The Balaban J connectivity index is 1.48. The van der Waals surface area contributed by atoms with E-state index >= 15 is 0 Å². The number of aryl methyl sites for hydroxylation is 1. The van der Waals surface area contributed by atoms with Crippen molar-refractivity contribution in [1.29, 1.82) is 0 Å². The predicted molar refractivity (Wildman–Crippen MR) is 133 cm³/mol. The molecule has 0 bridgehead atoms. The van der Waals surface area contributed by atoms with E-state index in [1.807, 2.05) is 19.1 Å². The van der Waals surface area contributed by atoms with Crippen molar-refractivity contribution in [2.45, 2.75) is 13.3 Å². The molecule has 36 heavy (non-hydrogen) atoms. The fourth-order valence-electron chi connectivity index (χ4n) is 3.75. The number of halogens is 3. The molecule has 0 fully saturated rings. The van der Waals surface area contributed by atoms with E-state index in [4.69, 9.17) is 5.73 Å². The van der Waals surface area contributed by atoms with Gasteiger partial charge < -0.3 is 21.1 Å². The smallest absolute Gasteiger partial charge is 0.406 e. The summed E-state index contributed by atoms with van der Waals surface area (Å²) in [4.78, 5) is 25.7. The number of amides is 1. The van der Waals surface area contributed by atoms with Crippen molar-refractivity contribution >= 4 is 61.2 Å². The predicted octanol–water partition coefficient (Wildman–Crippen LogP) is 6.02. The highest BCUT2D eigenvalue weighted by Crippen LogP contribution is 2.34. The first-order chi connectivity index (χ1) is 17.2. The average molecular weight is 511 g/mol. The monoisotopic (exact) mass is 510 g/mol. The Bertz CT molecular complexity index is 1620. The number of nitrogens with zero attached hydrogens (tertiary/aromatic N) is 3. The molecule has 182 valence electrons. The quantitative estimate of drug-likeness (QED) is 0.265. The zero-order valence-corrected chi connectivity index (χ0v) is 19.4. The number of carbonyl (C=O) groups is 1. The highest BCUT2D eigenvalue weighted by molar-refractivity contribution is 7.18. The maximum absolute atomic E-state index is 13.2. The van der Waals surface area contributed by atoms with Crippen LogP contribution in [0.25, 0.3) is 21.0 Å². The Kier molecular flexibility index (Phi) is 5.80. The van der Waals surface area contributed by atoms with Crippen molar-refractivity contribution in [3.05, 3.63) is 71.5 Å². The fourth-order valence-corrected chi connectivity index (χ4v) is 4.65. The number of anilines is 4. The van der Waals surface area contributed by atoms with E-state index in [-0.39, 0.29) is 11.7 Å². The number of aromatic nitrogens is 3. The van der Waals surface area contributed by atoms with Gasteiger partial charge in [0.2, 0.25) is 0 Å². The minimum atomic E-state index is -4.80. The standard InChI is InChI=1S/C24H17F3N6O2S/c1-12-5-6-16-15(18(12)33-23(34)17-10-36-20-19(17)30-11-31-21(20)28)7-8-29-22(16)32-13-3-2-4-14(9-13)35-24(25,26)27/h2-11H,1H3,(H,29,32)(H,33,34)(H2,28,30,31). The Morgan fingerprint density at radius 3 is 2.72 bits per heavy atom. The van der Waals surface area contributed by atoms with Crippen molar-refractivity contribution in [2.24, 2.45) is 0 Å². The fraction of sp³-hybridized carbons (Fsp3) is 0.0833. The van der Waals surface area contributed by atoms with Crippen LogP contribution in [0.4, 0.5) is 36.2 Å². The summed E-state index contributed by atoms with van der Waals surface area (Å²) in [5.74, 6) is -0.0206. The summed E-state index contributed by atoms with van der Waals surface area (Å²) in [7, 11) is 0. The van der Waals surface area contributed by atoms with Gasteiger partial charge in [-0.05, 0) is 30.7 Å². The van der Waals surface area contributed by atoms with Crippen LogP contribution in [0.15, 0.2) is 60.4 Å². The normalized spacial score (nSPS) is 11.6. The molecule has 0 aliphatic carbocycles. The van der Waals surface area contributed by atoms with Crippen LogP contribution in [-0.2, 0) is 0 Å². The number of rotatable bonds is 5. The van der Waals surface area contributed by atoms with Crippen LogP contribution in [-0.4, -0.2) is 27.2 Å². The molecular weight excluding hydrogens is 493 g/mol. The van der Waals surface area contributed by atoms with Crippen LogP contribution in [0, 0.1) is 6.92 Å². The zero-order valence-electron chi connectivity index (χ0n) is 18.6. The molecule has 0 spiro atoms. The number of ether oxygens (including phenoxy) is 1. The molecule has 0 aliphatic heterocycles. The van der Waals surface area contributed by atoms with Crippen LogP contribution in [0.2, 0.25) is 0 Å². The van der Waals surface area contributed by atoms with Gasteiger partial charge in [0.25, 0.3) is 5.91 Å². The second-order valence-corrected chi connectivity index (χ2v) is 8.63. The number of fused-ring (bicyclic) bond motifs is 2. The molecule has 0 aliphatic rings. The molecule has 8 nitrogen and oxygen atoms in total. The summed E-state index contributed by atoms with van der Waals surface area (Å²) in [6.07, 6.45) is -1.95. The lowest BCUT2D eigenvalue weighted by molar-refractivity contribution is -0.274. The van der Waals surface area contributed by atoms with Crippen molar-refractivity contribution < 1.29 is 22.7 Å². The molecular formula is C24H17F3N6O2S. The van der Waals surface area contributed by atoms with E-state index in [1.165, 1.54) is 35.9 Å².